The Kier molecular flexibility index (Phi) is 2.68. The maximum absolute atomic E-state index is 11.4. The Morgan fingerprint density at radius 1 is 1.23 bits per heavy atom. The highest BCUT2D eigenvalue weighted by Crippen LogP contribution is 2.16. The second kappa shape index (κ2) is 3.58. The van der Waals surface area contributed by atoms with E-state index in [-0.39, 0.29) is 5.91 Å². The molecule has 1 rings (SSSR count). The molecule has 1 aromatic rings. The molecule has 70 valence electrons. The monoisotopic (exact) mass is 178 g/mol. The number of carbonyl (C=O) groups excluding carboxylic acids is 1. The molecule has 0 bridgehead atoms. The fourth-order valence-corrected chi connectivity index (χ4v) is 1.37. The Bertz CT molecular complexity index is 345. The SMILES string of the molecule is Cc1ccc(C)c(C(=O)NN)c1C. The van der Waals surface area contributed by atoms with Crippen molar-refractivity contribution in [2.75, 3.05) is 0 Å². The minimum absolute atomic E-state index is 0.223. The zero-order chi connectivity index (χ0) is 10.0. The molecule has 1 amide bonds. The number of amides is 1. The molecule has 3 heteroatoms. The van der Waals surface area contributed by atoms with E-state index in [1.807, 2.05) is 32.9 Å². The molecule has 0 saturated heterocycles. The van der Waals surface area contributed by atoms with Gasteiger partial charge in [0.25, 0.3) is 5.91 Å². The van der Waals surface area contributed by atoms with Crippen LogP contribution in [0.5, 0.6) is 0 Å². The van der Waals surface area contributed by atoms with E-state index >= 15 is 0 Å². The van der Waals surface area contributed by atoms with Crippen molar-refractivity contribution >= 4 is 5.91 Å². The molecular formula is C10H14N2O. The van der Waals surface area contributed by atoms with Gasteiger partial charge in [-0.3, -0.25) is 10.2 Å². The first kappa shape index (κ1) is 9.74. The number of aryl methyl sites for hydroxylation is 2. The quantitative estimate of drug-likeness (QED) is 0.386. The van der Waals surface area contributed by atoms with Crippen LogP contribution in [0.3, 0.4) is 0 Å². The molecule has 0 spiro atoms. The largest absolute Gasteiger partial charge is 0.290 e. The van der Waals surface area contributed by atoms with E-state index in [0.717, 1.165) is 16.7 Å². The molecule has 13 heavy (non-hydrogen) atoms. The number of nitrogen functional groups attached to an aromatic ring is 1. The Labute approximate surface area is 77.9 Å². The number of nitrogens with one attached hydrogen (secondary N) is 1. The van der Waals surface area contributed by atoms with E-state index in [0.29, 0.717) is 5.56 Å². The number of benzene rings is 1. The van der Waals surface area contributed by atoms with Crippen LogP contribution in [0, 0.1) is 20.8 Å². The van der Waals surface area contributed by atoms with Crippen LogP contribution in [0.15, 0.2) is 12.1 Å². The summed E-state index contributed by atoms with van der Waals surface area (Å²) < 4.78 is 0. The standard InChI is InChI=1S/C10H14N2O/c1-6-4-5-7(2)9(8(6)3)10(13)12-11/h4-5H,11H2,1-3H3,(H,12,13). The Balaban J connectivity index is 3.33. The van der Waals surface area contributed by atoms with Gasteiger partial charge in [0.1, 0.15) is 0 Å². The third-order valence-corrected chi connectivity index (χ3v) is 2.30. The summed E-state index contributed by atoms with van der Waals surface area (Å²) in [5, 5.41) is 0. The second-order valence-corrected chi connectivity index (χ2v) is 3.17. The van der Waals surface area contributed by atoms with E-state index in [2.05, 4.69) is 5.43 Å². The lowest BCUT2D eigenvalue weighted by Gasteiger charge is -2.10. The predicted molar refractivity (Wildman–Crippen MR) is 52.3 cm³/mol. The van der Waals surface area contributed by atoms with Gasteiger partial charge in [-0.15, -0.1) is 0 Å². The smallest absolute Gasteiger partial charge is 0.265 e. The first-order valence-electron chi connectivity index (χ1n) is 4.15. The number of hydrazine groups is 1. The number of nitrogens with two attached hydrogens (primary N) is 1. The van der Waals surface area contributed by atoms with Crippen molar-refractivity contribution in [3.8, 4) is 0 Å². The van der Waals surface area contributed by atoms with Crippen molar-refractivity contribution in [3.05, 3.63) is 34.4 Å². The summed E-state index contributed by atoms with van der Waals surface area (Å²) in [4.78, 5) is 11.4. The third kappa shape index (κ3) is 1.70. The molecule has 0 aliphatic rings. The molecule has 0 aliphatic carbocycles. The predicted octanol–water partition coefficient (Wildman–Crippen LogP) is 1.22. The minimum Gasteiger partial charge on any atom is -0.290 e. The Morgan fingerprint density at radius 2 is 1.77 bits per heavy atom. The third-order valence-electron chi connectivity index (χ3n) is 2.30. The van der Waals surface area contributed by atoms with Gasteiger partial charge >= 0.3 is 0 Å². The van der Waals surface area contributed by atoms with Gasteiger partial charge in [0.05, 0.1) is 0 Å². The maximum Gasteiger partial charge on any atom is 0.265 e. The van der Waals surface area contributed by atoms with Crippen molar-refractivity contribution in [1.82, 2.24) is 5.43 Å². The molecule has 0 aliphatic heterocycles. The molecule has 0 fully saturated rings. The fourth-order valence-electron chi connectivity index (χ4n) is 1.37. The molecule has 0 saturated carbocycles. The van der Waals surface area contributed by atoms with Crippen molar-refractivity contribution < 1.29 is 4.79 Å². The fraction of sp³-hybridized carbons (Fsp3) is 0.300. The van der Waals surface area contributed by atoms with Gasteiger partial charge in [-0.05, 0) is 37.5 Å². The Morgan fingerprint density at radius 3 is 2.31 bits per heavy atom. The first-order chi connectivity index (χ1) is 6.07. The Hall–Kier alpha value is -1.35. The van der Waals surface area contributed by atoms with Crippen molar-refractivity contribution in [1.29, 1.82) is 0 Å². The van der Waals surface area contributed by atoms with Gasteiger partial charge in [-0.1, -0.05) is 12.1 Å². The summed E-state index contributed by atoms with van der Waals surface area (Å²) in [6.45, 7) is 5.80. The van der Waals surface area contributed by atoms with Gasteiger partial charge in [0, 0.05) is 5.56 Å². The highest BCUT2D eigenvalue weighted by atomic mass is 16.2. The zero-order valence-corrected chi connectivity index (χ0v) is 8.14. The average molecular weight is 178 g/mol. The van der Waals surface area contributed by atoms with Crippen LogP contribution in [0.4, 0.5) is 0 Å². The summed E-state index contributed by atoms with van der Waals surface area (Å²) in [5.74, 6) is 4.87. The number of hydrogen-bond donors (Lipinski definition) is 2. The van der Waals surface area contributed by atoms with Crippen molar-refractivity contribution in [2.45, 2.75) is 20.8 Å². The normalized spacial score (nSPS) is 9.85. The molecule has 0 atom stereocenters. The number of hydrogen-bond acceptors (Lipinski definition) is 2. The molecule has 3 N–H and O–H groups in total. The molecule has 0 unspecified atom stereocenters. The highest BCUT2D eigenvalue weighted by Gasteiger charge is 2.11. The van der Waals surface area contributed by atoms with E-state index in [9.17, 15) is 4.79 Å². The first-order valence-corrected chi connectivity index (χ1v) is 4.15. The van der Waals surface area contributed by atoms with E-state index in [1.54, 1.807) is 0 Å². The molecular weight excluding hydrogens is 164 g/mol. The number of rotatable bonds is 1. The van der Waals surface area contributed by atoms with Gasteiger partial charge in [0.15, 0.2) is 0 Å². The zero-order valence-electron chi connectivity index (χ0n) is 8.14. The summed E-state index contributed by atoms with van der Waals surface area (Å²) in [6.07, 6.45) is 0. The molecule has 1 aromatic carbocycles. The lowest BCUT2D eigenvalue weighted by molar-refractivity contribution is 0.0952. The van der Waals surface area contributed by atoms with Crippen LogP contribution in [-0.4, -0.2) is 5.91 Å². The molecule has 3 nitrogen and oxygen atoms in total. The lowest BCUT2D eigenvalue weighted by Crippen LogP contribution is -2.31. The van der Waals surface area contributed by atoms with Gasteiger partial charge < -0.3 is 0 Å². The summed E-state index contributed by atoms with van der Waals surface area (Å²) >= 11 is 0. The van der Waals surface area contributed by atoms with E-state index in [4.69, 9.17) is 5.84 Å². The van der Waals surface area contributed by atoms with Crippen LogP contribution in [0.1, 0.15) is 27.0 Å². The topological polar surface area (TPSA) is 55.1 Å². The minimum atomic E-state index is -0.223. The van der Waals surface area contributed by atoms with Crippen LogP contribution in [0.2, 0.25) is 0 Å². The van der Waals surface area contributed by atoms with Crippen LogP contribution in [0.25, 0.3) is 0 Å². The summed E-state index contributed by atoms with van der Waals surface area (Å²) in [5.41, 5.74) is 5.87. The van der Waals surface area contributed by atoms with Gasteiger partial charge in [-0.2, -0.15) is 0 Å². The van der Waals surface area contributed by atoms with Crippen molar-refractivity contribution in [2.24, 2.45) is 5.84 Å². The van der Waals surface area contributed by atoms with E-state index in [1.165, 1.54) is 0 Å². The maximum atomic E-state index is 11.4. The molecule has 0 aromatic heterocycles. The van der Waals surface area contributed by atoms with Crippen LogP contribution in [-0.2, 0) is 0 Å². The second-order valence-electron chi connectivity index (χ2n) is 3.17. The van der Waals surface area contributed by atoms with E-state index < -0.39 is 0 Å². The van der Waals surface area contributed by atoms with Gasteiger partial charge in [0.2, 0.25) is 0 Å². The number of carbonyl (C=O) groups is 1. The van der Waals surface area contributed by atoms with Crippen LogP contribution >= 0.6 is 0 Å². The molecule has 0 radical (unpaired) electrons. The lowest BCUT2D eigenvalue weighted by atomic mass is 9.98. The molecule has 0 heterocycles. The summed E-state index contributed by atoms with van der Waals surface area (Å²) in [6, 6.07) is 3.92. The van der Waals surface area contributed by atoms with Gasteiger partial charge in [-0.25, -0.2) is 5.84 Å². The average Bonchev–Trinajstić information content (AvgIpc) is 2.12. The highest BCUT2D eigenvalue weighted by molar-refractivity contribution is 5.96. The van der Waals surface area contributed by atoms with Crippen LogP contribution < -0.4 is 11.3 Å². The summed E-state index contributed by atoms with van der Waals surface area (Å²) in [7, 11) is 0. The van der Waals surface area contributed by atoms with Crippen molar-refractivity contribution in [3.63, 3.8) is 0 Å².